The SMILES string of the molecule is Cc1ccccc1-n1c(-c2ccc(F)cc2)ccc1-c1ccc(C(=O)CCCCN(C)C)cc1. The lowest BCUT2D eigenvalue weighted by atomic mass is 10.0. The lowest BCUT2D eigenvalue weighted by Gasteiger charge is -2.17. The molecule has 4 rings (SSSR count). The van der Waals surface area contributed by atoms with E-state index in [4.69, 9.17) is 0 Å². The zero-order valence-corrected chi connectivity index (χ0v) is 20.1. The van der Waals surface area contributed by atoms with Gasteiger partial charge in [0.05, 0.1) is 11.4 Å². The minimum atomic E-state index is -0.250. The van der Waals surface area contributed by atoms with Crippen molar-refractivity contribution in [2.24, 2.45) is 0 Å². The van der Waals surface area contributed by atoms with Gasteiger partial charge < -0.3 is 9.47 Å². The number of hydrogen-bond acceptors (Lipinski definition) is 2. The Hall–Kier alpha value is -3.50. The van der Waals surface area contributed by atoms with Crippen molar-refractivity contribution in [3.8, 4) is 28.2 Å². The van der Waals surface area contributed by atoms with Crippen LogP contribution in [0.25, 0.3) is 28.2 Å². The number of halogens is 1. The van der Waals surface area contributed by atoms with Gasteiger partial charge in [-0.15, -0.1) is 0 Å². The third kappa shape index (κ3) is 5.35. The number of carbonyl (C=O) groups excluding carboxylic acids is 1. The highest BCUT2D eigenvalue weighted by Gasteiger charge is 2.16. The normalized spacial score (nSPS) is 11.2. The minimum absolute atomic E-state index is 0.187. The van der Waals surface area contributed by atoms with Crippen LogP contribution in [-0.2, 0) is 0 Å². The molecule has 34 heavy (non-hydrogen) atoms. The molecule has 0 aliphatic heterocycles. The maximum absolute atomic E-state index is 13.6. The highest BCUT2D eigenvalue weighted by molar-refractivity contribution is 5.96. The van der Waals surface area contributed by atoms with Crippen molar-refractivity contribution in [2.75, 3.05) is 20.6 Å². The van der Waals surface area contributed by atoms with Crippen LogP contribution in [0.15, 0.2) is 84.9 Å². The number of benzene rings is 3. The van der Waals surface area contributed by atoms with E-state index in [0.717, 1.165) is 58.7 Å². The smallest absolute Gasteiger partial charge is 0.162 e. The molecule has 0 spiro atoms. The second-order valence-electron chi connectivity index (χ2n) is 8.99. The molecule has 0 N–H and O–H groups in total. The fraction of sp³-hybridized carbons (Fsp3) is 0.233. The number of aryl methyl sites for hydroxylation is 1. The van der Waals surface area contributed by atoms with Crippen LogP contribution in [0, 0.1) is 12.7 Å². The van der Waals surface area contributed by atoms with Gasteiger partial charge in [-0.25, -0.2) is 4.39 Å². The number of unbranched alkanes of at least 4 members (excludes halogenated alkanes) is 1. The molecule has 0 unspecified atom stereocenters. The molecule has 0 saturated carbocycles. The van der Waals surface area contributed by atoms with Crippen molar-refractivity contribution < 1.29 is 9.18 Å². The number of Topliss-reactive ketones (excluding diaryl/α,β-unsaturated/α-hetero) is 1. The van der Waals surface area contributed by atoms with Gasteiger partial charge in [0, 0.05) is 17.7 Å². The largest absolute Gasteiger partial charge is 0.309 e. The summed E-state index contributed by atoms with van der Waals surface area (Å²) in [7, 11) is 4.10. The first-order valence-electron chi connectivity index (χ1n) is 11.8. The van der Waals surface area contributed by atoms with Crippen molar-refractivity contribution in [1.29, 1.82) is 0 Å². The van der Waals surface area contributed by atoms with Crippen molar-refractivity contribution in [1.82, 2.24) is 9.47 Å². The molecule has 0 amide bonds. The number of aromatic nitrogens is 1. The summed E-state index contributed by atoms with van der Waals surface area (Å²) in [4.78, 5) is 14.8. The van der Waals surface area contributed by atoms with E-state index in [9.17, 15) is 9.18 Å². The van der Waals surface area contributed by atoms with Gasteiger partial charge in [0.1, 0.15) is 5.82 Å². The zero-order valence-electron chi connectivity index (χ0n) is 20.1. The molecular formula is C30H31FN2O. The van der Waals surface area contributed by atoms with Gasteiger partial charge in [0.15, 0.2) is 5.78 Å². The average molecular weight is 455 g/mol. The highest BCUT2D eigenvalue weighted by Crippen LogP contribution is 2.34. The van der Waals surface area contributed by atoms with Crippen molar-refractivity contribution in [3.63, 3.8) is 0 Å². The zero-order chi connectivity index (χ0) is 24.1. The number of nitrogens with zero attached hydrogens (tertiary/aromatic N) is 2. The summed E-state index contributed by atoms with van der Waals surface area (Å²) in [5.41, 5.74) is 6.96. The van der Waals surface area contributed by atoms with Gasteiger partial charge in [0.2, 0.25) is 0 Å². The molecule has 4 aromatic rings. The van der Waals surface area contributed by atoms with Crippen molar-refractivity contribution in [3.05, 3.63) is 102 Å². The Kier molecular flexibility index (Phi) is 7.39. The molecule has 174 valence electrons. The molecule has 0 bridgehead atoms. The van der Waals surface area contributed by atoms with E-state index in [1.165, 1.54) is 12.1 Å². The molecule has 0 saturated heterocycles. The Morgan fingerprint density at radius 3 is 1.97 bits per heavy atom. The highest BCUT2D eigenvalue weighted by atomic mass is 19.1. The maximum atomic E-state index is 13.6. The first-order chi connectivity index (χ1) is 16.4. The standard InChI is InChI=1S/C30H31FN2O/c1-22-8-4-5-9-27(22)33-28(19-20-29(33)24-15-17-26(31)18-16-24)23-11-13-25(14-12-23)30(34)10-6-7-21-32(2)3/h4-5,8-9,11-20H,6-7,10,21H2,1-3H3. The summed E-state index contributed by atoms with van der Waals surface area (Å²) in [6.45, 7) is 3.09. The summed E-state index contributed by atoms with van der Waals surface area (Å²) in [5.74, 6) is -0.0634. The predicted molar refractivity (Wildman–Crippen MR) is 138 cm³/mol. The van der Waals surface area contributed by atoms with Gasteiger partial charge in [-0.1, -0.05) is 42.5 Å². The Balaban J connectivity index is 1.66. The summed E-state index contributed by atoms with van der Waals surface area (Å²) in [5, 5.41) is 0. The average Bonchev–Trinajstić information content (AvgIpc) is 3.27. The minimum Gasteiger partial charge on any atom is -0.309 e. The number of rotatable bonds is 9. The van der Waals surface area contributed by atoms with E-state index in [-0.39, 0.29) is 11.6 Å². The van der Waals surface area contributed by atoms with Gasteiger partial charge in [-0.3, -0.25) is 4.79 Å². The molecule has 3 aromatic carbocycles. The van der Waals surface area contributed by atoms with Crippen LogP contribution in [0.4, 0.5) is 4.39 Å². The van der Waals surface area contributed by atoms with Gasteiger partial charge in [0.25, 0.3) is 0 Å². The molecule has 0 radical (unpaired) electrons. The Morgan fingerprint density at radius 2 is 1.38 bits per heavy atom. The molecule has 3 nitrogen and oxygen atoms in total. The second kappa shape index (κ2) is 10.6. The molecular weight excluding hydrogens is 423 g/mol. The molecule has 0 atom stereocenters. The van der Waals surface area contributed by atoms with Crippen LogP contribution in [0.3, 0.4) is 0 Å². The Labute approximate surface area is 201 Å². The monoisotopic (exact) mass is 454 g/mol. The Bertz CT molecular complexity index is 1250. The Morgan fingerprint density at radius 1 is 0.794 bits per heavy atom. The van der Waals surface area contributed by atoms with Crippen LogP contribution in [0.1, 0.15) is 35.2 Å². The summed E-state index contributed by atoms with van der Waals surface area (Å²) >= 11 is 0. The molecule has 1 aromatic heterocycles. The van der Waals surface area contributed by atoms with E-state index in [2.05, 4.69) is 54.8 Å². The van der Waals surface area contributed by atoms with Crippen LogP contribution in [0.2, 0.25) is 0 Å². The van der Waals surface area contributed by atoms with Gasteiger partial charge in [-0.05, 0) is 99.6 Å². The lowest BCUT2D eigenvalue weighted by Crippen LogP contribution is -2.13. The third-order valence-electron chi connectivity index (χ3n) is 6.14. The van der Waals surface area contributed by atoms with Crippen LogP contribution >= 0.6 is 0 Å². The van der Waals surface area contributed by atoms with Crippen molar-refractivity contribution in [2.45, 2.75) is 26.2 Å². The third-order valence-corrected chi connectivity index (χ3v) is 6.14. The number of carbonyl (C=O) groups is 1. The second-order valence-corrected chi connectivity index (χ2v) is 8.99. The summed E-state index contributed by atoms with van der Waals surface area (Å²) in [6, 6.07) is 26.9. The predicted octanol–water partition coefficient (Wildman–Crippen LogP) is 7.17. The summed E-state index contributed by atoms with van der Waals surface area (Å²) in [6.07, 6.45) is 2.49. The van der Waals surface area contributed by atoms with Crippen molar-refractivity contribution >= 4 is 5.78 Å². The van der Waals surface area contributed by atoms with Crippen LogP contribution in [-0.4, -0.2) is 35.9 Å². The molecule has 0 aliphatic carbocycles. The van der Waals surface area contributed by atoms with E-state index in [1.54, 1.807) is 12.1 Å². The molecule has 0 fully saturated rings. The van der Waals surface area contributed by atoms with Crippen LogP contribution in [0.5, 0.6) is 0 Å². The summed E-state index contributed by atoms with van der Waals surface area (Å²) < 4.78 is 15.8. The maximum Gasteiger partial charge on any atom is 0.162 e. The van der Waals surface area contributed by atoms with E-state index in [1.807, 2.05) is 36.4 Å². The number of ketones is 1. The number of para-hydroxylation sites is 1. The fourth-order valence-electron chi connectivity index (χ4n) is 4.27. The lowest BCUT2D eigenvalue weighted by molar-refractivity contribution is 0.0978. The molecule has 4 heteroatoms. The van der Waals surface area contributed by atoms with Gasteiger partial charge in [-0.2, -0.15) is 0 Å². The fourth-order valence-corrected chi connectivity index (χ4v) is 4.27. The van der Waals surface area contributed by atoms with Crippen LogP contribution < -0.4 is 0 Å². The van der Waals surface area contributed by atoms with E-state index < -0.39 is 0 Å². The van der Waals surface area contributed by atoms with Gasteiger partial charge >= 0.3 is 0 Å². The number of hydrogen-bond donors (Lipinski definition) is 0. The quantitative estimate of drug-likeness (QED) is 0.198. The first-order valence-corrected chi connectivity index (χ1v) is 11.8. The molecule has 1 heterocycles. The first kappa shape index (κ1) is 23.7. The van der Waals surface area contributed by atoms with E-state index in [0.29, 0.717) is 6.42 Å². The van der Waals surface area contributed by atoms with E-state index >= 15 is 0 Å². The topological polar surface area (TPSA) is 25.2 Å². The molecule has 0 aliphatic rings.